The zero-order chi connectivity index (χ0) is 25.1. The lowest BCUT2D eigenvalue weighted by Crippen LogP contribution is -2.42. The first-order chi connectivity index (χ1) is 16.0. The molecular formula is C21H17Cl2F3N4O4. The number of methoxy groups -OCH3 is 1. The van der Waals surface area contributed by atoms with Crippen LogP contribution in [0.4, 0.5) is 13.2 Å². The summed E-state index contributed by atoms with van der Waals surface area (Å²) < 4.78 is 47.3. The summed E-state index contributed by atoms with van der Waals surface area (Å²) in [6.45, 7) is 1.59. The first-order valence-corrected chi connectivity index (χ1v) is 10.3. The Labute approximate surface area is 201 Å². The van der Waals surface area contributed by atoms with Crippen molar-refractivity contribution in [1.29, 1.82) is 0 Å². The lowest BCUT2D eigenvalue weighted by atomic mass is 9.86. The highest BCUT2D eigenvalue weighted by Gasteiger charge is 2.62. The predicted octanol–water partition coefficient (Wildman–Crippen LogP) is 4.28. The second kappa shape index (κ2) is 9.90. The molecule has 13 heteroatoms. The minimum atomic E-state index is -4.83. The molecule has 2 aromatic carbocycles. The molecule has 180 valence electrons. The SMILES string of the molecule is CO/C(=N\NC=O)NC(=O)c1ccc(C2=NOC(c3cc(Cl)cc(Cl)c3)(C(F)(F)F)C2)cc1C. The van der Waals surface area contributed by atoms with E-state index < -0.39 is 24.1 Å². The number of aryl methyl sites for hydroxylation is 1. The highest BCUT2D eigenvalue weighted by atomic mass is 35.5. The van der Waals surface area contributed by atoms with Gasteiger partial charge in [0.05, 0.1) is 12.8 Å². The van der Waals surface area contributed by atoms with Crippen LogP contribution in [0.3, 0.4) is 0 Å². The van der Waals surface area contributed by atoms with Gasteiger partial charge in [-0.3, -0.25) is 14.9 Å². The maximum atomic E-state index is 14.2. The standard InChI is InChI=1S/C21H17Cl2F3N4O4/c1-11-5-12(3-4-16(11)18(32)28-19(33-2)29-27-10-31)17-9-20(34-30-17,21(24,25)26)13-6-14(22)8-15(23)7-13/h3-8,10H,9H2,1-2H3,(H,27,31)(H,28,29,32). The molecule has 0 radical (unpaired) electrons. The van der Waals surface area contributed by atoms with E-state index in [1.54, 1.807) is 6.92 Å². The lowest BCUT2D eigenvalue weighted by Gasteiger charge is -2.29. The Morgan fingerprint density at radius 1 is 1.24 bits per heavy atom. The Morgan fingerprint density at radius 3 is 2.47 bits per heavy atom. The van der Waals surface area contributed by atoms with Gasteiger partial charge in [0.25, 0.3) is 11.5 Å². The van der Waals surface area contributed by atoms with Gasteiger partial charge in [-0.25, -0.2) is 5.43 Å². The van der Waals surface area contributed by atoms with Crippen LogP contribution in [0.25, 0.3) is 0 Å². The molecule has 1 atom stereocenters. The van der Waals surface area contributed by atoms with Gasteiger partial charge in [0, 0.05) is 27.6 Å². The molecule has 2 amide bonds. The quantitative estimate of drug-likeness (QED) is 0.268. The van der Waals surface area contributed by atoms with E-state index in [-0.39, 0.29) is 39.3 Å². The fourth-order valence-electron chi connectivity index (χ4n) is 3.32. The second-order valence-electron chi connectivity index (χ2n) is 7.14. The Bertz CT molecular complexity index is 1170. The molecule has 0 fully saturated rings. The Morgan fingerprint density at radius 2 is 1.91 bits per heavy atom. The maximum Gasteiger partial charge on any atom is 0.435 e. The summed E-state index contributed by atoms with van der Waals surface area (Å²) in [5, 5.41) is 9.60. The van der Waals surface area contributed by atoms with Crippen molar-refractivity contribution in [3.05, 3.63) is 68.7 Å². The number of halogens is 5. The van der Waals surface area contributed by atoms with Crippen LogP contribution in [-0.4, -0.2) is 37.3 Å². The third-order valence-electron chi connectivity index (χ3n) is 4.95. The van der Waals surface area contributed by atoms with Gasteiger partial charge in [-0.05, 0) is 48.4 Å². The number of rotatable bonds is 5. The fraction of sp³-hybridized carbons (Fsp3) is 0.238. The summed E-state index contributed by atoms with van der Waals surface area (Å²) in [5.41, 5.74) is -0.0695. The number of carbonyl (C=O) groups excluding carboxylic acids is 2. The van der Waals surface area contributed by atoms with Gasteiger partial charge in [0.15, 0.2) is 0 Å². The third kappa shape index (κ3) is 5.10. The molecule has 0 aliphatic carbocycles. The predicted molar refractivity (Wildman–Crippen MR) is 119 cm³/mol. The van der Waals surface area contributed by atoms with Crippen molar-refractivity contribution in [2.24, 2.45) is 10.3 Å². The van der Waals surface area contributed by atoms with Gasteiger partial charge in [-0.2, -0.15) is 13.2 Å². The number of nitrogens with zero attached hydrogens (tertiary/aromatic N) is 2. The fourth-order valence-corrected chi connectivity index (χ4v) is 3.84. The van der Waals surface area contributed by atoms with Crippen LogP contribution in [0.15, 0.2) is 46.7 Å². The second-order valence-corrected chi connectivity index (χ2v) is 8.01. The number of ether oxygens (including phenoxy) is 1. The van der Waals surface area contributed by atoms with Gasteiger partial charge in [-0.15, -0.1) is 5.10 Å². The topological polar surface area (TPSA) is 101 Å². The average Bonchev–Trinajstić information content (AvgIpc) is 3.23. The molecule has 0 saturated heterocycles. The number of carbonyl (C=O) groups is 2. The van der Waals surface area contributed by atoms with Crippen LogP contribution >= 0.6 is 23.2 Å². The summed E-state index contributed by atoms with van der Waals surface area (Å²) in [4.78, 5) is 27.8. The van der Waals surface area contributed by atoms with E-state index in [1.807, 2.05) is 5.43 Å². The van der Waals surface area contributed by atoms with Gasteiger partial charge in [0.1, 0.15) is 0 Å². The van der Waals surface area contributed by atoms with Gasteiger partial charge >= 0.3 is 12.2 Å². The minimum absolute atomic E-state index is 0.0247. The summed E-state index contributed by atoms with van der Waals surface area (Å²) in [7, 11) is 1.24. The van der Waals surface area contributed by atoms with Crippen molar-refractivity contribution in [3.8, 4) is 0 Å². The van der Waals surface area contributed by atoms with Crippen LogP contribution < -0.4 is 10.7 Å². The number of oxime groups is 1. The van der Waals surface area contributed by atoms with Gasteiger partial charge in [-0.1, -0.05) is 34.4 Å². The largest absolute Gasteiger partial charge is 0.467 e. The van der Waals surface area contributed by atoms with Crippen molar-refractivity contribution in [1.82, 2.24) is 10.7 Å². The van der Waals surface area contributed by atoms with Crippen molar-refractivity contribution in [2.75, 3.05) is 7.11 Å². The molecule has 2 N–H and O–H groups in total. The molecule has 1 unspecified atom stereocenters. The molecule has 2 aromatic rings. The maximum absolute atomic E-state index is 14.2. The van der Waals surface area contributed by atoms with Crippen molar-refractivity contribution >= 4 is 47.3 Å². The van der Waals surface area contributed by atoms with Gasteiger partial charge < -0.3 is 9.57 Å². The molecule has 8 nitrogen and oxygen atoms in total. The minimum Gasteiger partial charge on any atom is -0.467 e. The van der Waals surface area contributed by atoms with E-state index in [0.29, 0.717) is 11.1 Å². The van der Waals surface area contributed by atoms with E-state index in [9.17, 15) is 22.8 Å². The molecule has 1 aliphatic rings. The number of benzene rings is 2. The zero-order valence-corrected chi connectivity index (χ0v) is 19.2. The molecular weight excluding hydrogens is 500 g/mol. The molecule has 0 spiro atoms. The van der Waals surface area contributed by atoms with Crippen molar-refractivity contribution < 1.29 is 32.3 Å². The Balaban J connectivity index is 1.88. The van der Waals surface area contributed by atoms with Crippen LogP contribution in [0.1, 0.15) is 33.5 Å². The number of hydrazone groups is 1. The molecule has 0 saturated carbocycles. The number of nitrogens with one attached hydrogen (secondary N) is 2. The van der Waals surface area contributed by atoms with Crippen LogP contribution in [0, 0.1) is 6.92 Å². The molecule has 1 aliphatic heterocycles. The Hall–Kier alpha value is -3.31. The van der Waals surface area contributed by atoms with E-state index in [0.717, 1.165) is 12.1 Å². The number of amides is 2. The monoisotopic (exact) mass is 516 g/mol. The molecule has 34 heavy (non-hydrogen) atoms. The summed E-state index contributed by atoms with van der Waals surface area (Å²) >= 11 is 11.8. The number of hydrogen-bond donors (Lipinski definition) is 2. The lowest BCUT2D eigenvalue weighted by molar-refractivity contribution is -0.275. The summed E-state index contributed by atoms with van der Waals surface area (Å²) in [6, 6.07) is 7.67. The molecule has 1 heterocycles. The number of hydrogen-bond acceptors (Lipinski definition) is 6. The summed E-state index contributed by atoms with van der Waals surface area (Å²) in [5.74, 6) is -0.611. The normalized spacial score (nSPS) is 18.1. The molecule has 3 rings (SSSR count). The van der Waals surface area contributed by atoms with Crippen LogP contribution in [0.5, 0.6) is 0 Å². The highest BCUT2D eigenvalue weighted by Crippen LogP contribution is 2.49. The van der Waals surface area contributed by atoms with E-state index >= 15 is 0 Å². The van der Waals surface area contributed by atoms with E-state index in [2.05, 4.69) is 15.6 Å². The zero-order valence-electron chi connectivity index (χ0n) is 17.7. The third-order valence-corrected chi connectivity index (χ3v) is 5.39. The van der Waals surface area contributed by atoms with E-state index in [4.69, 9.17) is 32.8 Å². The average molecular weight is 517 g/mol. The Kier molecular flexibility index (Phi) is 7.37. The van der Waals surface area contributed by atoms with Crippen LogP contribution in [0.2, 0.25) is 10.0 Å². The van der Waals surface area contributed by atoms with Crippen molar-refractivity contribution in [3.63, 3.8) is 0 Å². The molecule has 0 aromatic heterocycles. The van der Waals surface area contributed by atoms with Gasteiger partial charge in [0.2, 0.25) is 6.41 Å². The van der Waals surface area contributed by atoms with Crippen molar-refractivity contribution in [2.45, 2.75) is 25.1 Å². The summed E-state index contributed by atoms with van der Waals surface area (Å²) in [6.07, 6.45) is -5.17. The first-order valence-electron chi connectivity index (χ1n) is 9.52. The van der Waals surface area contributed by atoms with Crippen LogP contribution in [-0.2, 0) is 20.0 Å². The number of amidine groups is 1. The first kappa shape index (κ1) is 25.3. The molecule has 0 bridgehead atoms. The van der Waals surface area contributed by atoms with E-state index in [1.165, 1.54) is 31.4 Å². The number of alkyl halides is 3. The highest BCUT2D eigenvalue weighted by molar-refractivity contribution is 6.34. The smallest absolute Gasteiger partial charge is 0.435 e.